The summed E-state index contributed by atoms with van der Waals surface area (Å²) in [5, 5.41) is 31.9. The standard InChI is InChI=1S/C36H29F12N3O4/c1-50(10-7-19-4-5-28(52)29(53)11-19)27-6-8-49-18-26(27)31(54)51-9-2-3-30(51)32(55,20-12-22(33(37,38)39)16-23(13-20)34(40,41)42)21-14-24(35(43,44)45)17-25(15-21)36(46,47)48/h4-6,8,11-18,30,52-53,55H,2-3,7,9-10H2,1H3/t30-/m0/s1. The van der Waals surface area contributed by atoms with E-state index in [1.165, 1.54) is 42.4 Å². The van der Waals surface area contributed by atoms with Crippen LogP contribution in [0.15, 0.2) is 73.1 Å². The maximum atomic E-state index is 14.3. The minimum atomic E-state index is -5.54. The van der Waals surface area contributed by atoms with Crippen LogP contribution >= 0.6 is 0 Å². The van der Waals surface area contributed by atoms with E-state index in [1.54, 1.807) is 0 Å². The Morgan fingerprint density at radius 2 is 1.20 bits per heavy atom. The Balaban J connectivity index is 1.69. The summed E-state index contributed by atoms with van der Waals surface area (Å²) in [7, 11) is 1.52. The maximum Gasteiger partial charge on any atom is 0.416 e. The molecule has 0 spiro atoms. The van der Waals surface area contributed by atoms with Gasteiger partial charge in [0.1, 0.15) is 5.60 Å². The Morgan fingerprint density at radius 1 is 0.727 bits per heavy atom. The lowest BCUT2D eigenvalue weighted by Crippen LogP contribution is -2.51. The molecule has 0 unspecified atom stereocenters. The number of likely N-dealkylation sites (tertiary alicyclic amines) is 1. The van der Waals surface area contributed by atoms with Crippen molar-refractivity contribution in [2.45, 2.75) is 55.6 Å². The minimum absolute atomic E-state index is 0.00581. The molecule has 7 nitrogen and oxygen atoms in total. The molecule has 0 radical (unpaired) electrons. The number of carbonyl (C=O) groups excluding carboxylic acids is 1. The van der Waals surface area contributed by atoms with Crippen LogP contribution in [0.25, 0.3) is 0 Å². The van der Waals surface area contributed by atoms with Crippen LogP contribution in [-0.4, -0.2) is 57.3 Å². The normalized spacial score (nSPS) is 15.7. The van der Waals surface area contributed by atoms with Crippen LogP contribution in [-0.2, 0) is 36.7 Å². The summed E-state index contributed by atoms with van der Waals surface area (Å²) >= 11 is 0. The number of aliphatic hydroxyl groups is 1. The SMILES string of the molecule is CN(CCc1ccc(O)c(O)c1)c1ccncc1C(=O)N1CCC[C@H]1C(O)(c1cc(C(F)(F)F)cc(C(F)(F)F)c1)c1cc(C(F)(F)F)cc(C(F)(F)F)c1. The fraction of sp³-hybridized carbons (Fsp3) is 0.333. The van der Waals surface area contributed by atoms with Gasteiger partial charge in [0.2, 0.25) is 0 Å². The molecule has 1 atom stereocenters. The molecule has 1 amide bonds. The van der Waals surface area contributed by atoms with Crippen molar-refractivity contribution < 1.29 is 72.8 Å². The number of anilines is 1. The van der Waals surface area contributed by atoms with Crippen molar-refractivity contribution in [2.75, 3.05) is 25.0 Å². The summed E-state index contributed by atoms with van der Waals surface area (Å²) in [6, 6.07) is 2.70. The third kappa shape index (κ3) is 8.55. The van der Waals surface area contributed by atoms with Gasteiger partial charge in [0.05, 0.1) is 39.5 Å². The Labute approximate surface area is 304 Å². The van der Waals surface area contributed by atoms with Crippen molar-refractivity contribution in [3.05, 3.63) is 118 Å². The van der Waals surface area contributed by atoms with Crippen molar-refractivity contribution in [3.8, 4) is 11.5 Å². The summed E-state index contributed by atoms with van der Waals surface area (Å²) in [6.07, 6.45) is -20.2. The lowest BCUT2D eigenvalue weighted by molar-refractivity contribution is -0.144. The molecule has 1 saturated heterocycles. The van der Waals surface area contributed by atoms with Gasteiger partial charge in [-0.1, -0.05) is 6.07 Å². The monoisotopic (exact) mass is 795 g/mol. The van der Waals surface area contributed by atoms with Crippen molar-refractivity contribution in [1.29, 1.82) is 0 Å². The highest BCUT2D eigenvalue weighted by Gasteiger charge is 2.51. The van der Waals surface area contributed by atoms with E-state index in [-0.39, 0.29) is 79.3 Å². The highest BCUT2D eigenvalue weighted by Crippen LogP contribution is 2.48. The molecule has 1 aliphatic rings. The molecule has 1 fully saturated rings. The number of hydrogen-bond donors (Lipinski definition) is 3. The molecule has 0 saturated carbocycles. The van der Waals surface area contributed by atoms with E-state index in [0.29, 0.717) is 5.56 Å². The molecule has 1 aromatic heterocycles. The number of aromatic hydroxyl groups is 2. The fourth-order valence-corrected chi connectivity index (χ4v) is 6.53. The second-order valence-electron chi connectivity index (χ2n) is 12.9. The summed E-state index contributed by atoms with van der Waals surface area (Å²) < 4.78 is 169. The van der Waals surface area contributed by atoms with Crippen molar-refractivity contribution in [3.63, 3.8) is 0 Å². The van der Waals surface area contributed by atoms with Gasteiger partial charge in [-0.05, 0) is 90.6 Å². The summed E-state index contributed by atoms with van der Waals surface area (Å²) in [5.41, 5.74) is -13.9. The quantitative estimate of drug-likeness (QED) is 0.122. The van der Waals surface area contributed by atoms with Gasteiger partial charge in [0.25, 0.3) is 5.91 Å². The highest BCUT2D eigenvalue weighted by atomic mass is 19.4. The van der Waals surface area contributed by atoms with Crippen LogP contribution < -0.4 is 4.90 Å². The highest BCUT2D eigenvalue weighted by molar-refractivity contribution is 6.00. The number of alkyl halides is 12. The Morgan fingerprint density at radius 3 is 1.65 bits per heavy atom. The molecule has 0 bridgehead atoms. The van der Waals surface area contributed by atoms with E-state index in [2.05, 4.69) is 4.98 Å². The zero-order valence-electron chi connectivity index (χ0n) is 28.2. The lowest BCUT2D eigenvalue weighted by Gasteiger charge is -2.41. The van der Waals surface area contributed by atoms with Gasteiger partial charge in [-0.25, -0.2) is 0 Å². The van der Waals surface area contributed by atoms with Crippen LogP contribution in [0.4, 0.5) is 58.4 Å². The molecule has 296 valence electrons. The number of phenolic OH excluding ortho intramolecular Hbond substituents is 2. The van der Waals surface area contributed by atoms with Gasteiger partial charge < -0.3 is 25.1 Å². The first-order valence-corrected chi connectivity index (χ1v) is 16.1. The van der Waals surface area contributed by atoms with E-state index < -0.39 is 87.8 Å². The topological polar surface area (TPSA) is 97.1 Å². The molecule has 19 heteroatoms. The molecular formula is C36H29F12N3O4. The average molecular weight is 796 g/mol. The van der Waals surface area contributed by atoms with Gasteiger partial charge in [-0.3, -0.25) is 9.78 Å². The number of pyridine rings is 1. The van der Waals surface area contributed by atoms with Crippen LogP contribution in [0, 0.1) is 0 Å². The van der Waals surface area contributed by atoms with Crippen LogP contribution in [0.3, 0.4) is 0 Å². The number of amides is 1. The first-order valence-electron chi connectivity index (χ1n) is 16.1. The van der Waals surface area contributed by atoms with Gasteiger partial charge in [0.15, 0.2) is 11.5 Å². The number of nitrogens with zero attached hydrogens (tertiary/aromatic N) is 3. The number of rotatable bonds is 8. The zero-order chi connectivity index (χ0) is 40.9. The molecule has 1 aliphatic heterocycles. The third-order valence-electron chi connectivity index (χ3n) is 9.27. The van der Waals surface area contributed by atoms with E-state index >= 15 is 0 Å². The van der Waals surface area contributed by atoms with E-state index in [4.69, 9.17) is 0 Å². The molecular weight excluding hydrogens is 766 g/mol. The van der Waals surface area contributed by atoms with E-state index in [9.17, 15) is 72.8 Å². The average Bonchev–Trinajstić information content (AvgIpc) is 3.60. The molecule has 3 aromatic carbocycles. The minimum Gasteiger partial charge on any atom is -0.504 e. The number of carbonyl (C=O) groups is 1. The van der Waals surface area contributed by atoms with Crippen molar-refractivity contribution in [1.82, 2.24) is 9.88 Å². The Kier molecular flexibility index (Phi) is 10.8. The molecule has 3 N–H and O–H groups in total. The zero-order valence-corrected chi connectivity index (χ0v) is 28.2. The first-order chi connectivity index (χ1) is 25.3. The van der Waals surface area contributed by atoms with Crippen molar-refractivity contribution in [2.24, 2.45) is 0 Å². The molecule has 4 aromatic rings. The fourth-order valence-electron chi connectivity index (χ4n) is 6.53. The maximum absolute atomic E-state index is 14.3. The largest absolute Gasteiger partial charge is 0.504 e. The summed E-state index contributed by atoms with van der Waals surface area (Å²) in [4.78, 5) is 20.5. The van der Waals surface area contributed by atoms with Crippen LogP contribution in [0.5, 0.6) is 11.5 Å². The number of phenols is 2. The molecule has 5 rings (SSSR count). The van der Waals surface area contributed by atoms with Crippen molar-refractivity contribution >= 4 is 11.6 Å². The predicted octanol–water partition coefficient (Wildman–Crippen LogP) is 8.79. The Bertz CT molecular complexity index is 1920. The van der Waals surface area contributed by atoms with E-state index in [1.807, 2.05) is 0 Å². The second-order valence-corrected chi connectivity index (χ2v) is 12.9. The number of aromatic nitrogens is 1. The lowest BCUT2D eigenvalue weighted by atomic mass is 9.76. The Hall–Kier alpha value is -5.20. The third-order valence-corrected chi connectivity index (χ3v) is 9.27. The number of benzene rings is 3. The summed E-state index contributed by atoms with van der Waals surface area (Å²) in [5.74, 6) is -1.83. The smallest absolute Gasteiger partial charge is 0.416 e. The number of halogens is 12. The molecule has 2 heterocycles. The van der Waals surface area contributed by atoms with Gasteiger partial charge in [-0.15, -0.1) is 0 Å². The van der Waals surface area contributed by atoms with Gasteiger partial charge in [-0.2, -0.15) is 52.7 Å². The summed E-state index contributed by atoms with van der Waals surface area (Å²) in [6.45, 7) is -0.246. The van der Waals surface area contributed by atoms with Gasteiger partial charge >= 0.3 is 24.7 Å². The van der Waals surface area contributed by atoms with Crippen LogP contribution in [0.1, 0.15) is 62.1 Å². The molecule has 55 heavy (non-hydrogen) atoms. The first kappa shape index (κ1) is 41.0. The number of likely N-dealkylation sites (N-methyl/N-ethyl adjacent to an activating group) is 1. The van der Waals surface area contributed by atoms with Crippen LogP contribution in [0.2, 0.25) is 0 Å². The molecule has 0 aliphatic carbocycles. The van der Waals surface area contributed by atoms with E-state index in [0.717, 1.165) is 11.1 Å². The van der Waals surface area contributed by atoms with Gasteiger partial charge in [0, 0.05) is 32.5 Å². The number of hydrogen-bond acceptors (Lipinski definition) is 6. The second kappa shape index (κ2) is 14.5. The predicted molar refractivity (Wildman–Crippen MR) is 171 cm³/mol.